The van der Waals surface area contributed by atoms with Gasteiger partial charge in [0.15, 0.2) is 10.9 Å². The first-order valence-electron chi connectivity index (χ1n) is 17.3. The SMILES string of the molecule is O=C1CCN(c2cccc(CN3CCN(c4ccc(-c5ccc6c(c5)C(=O)N(C(C(=O)Nc5nccs5)c5cc(F)ccc5O)C6)nn4)CC3)c2)C(=O)N1. The maximum absolute atomic E-state index is 14.4. The zero-order chi connectivity index (χ0) is 37.3. The maximum Gasteiger partial charge on any atom is 0.328 e. The van der Waals surface area contributed by atoms with E-state index in [0.29, 0.717) is 34.1 Å². The van der Waals surface area contributed by atoms with Crippen molar-refractivity contribution in [3.05, 3.63) is 112 Å². The molecule has 5 amide bonds. The zero-order valence-electron chi connectivity index (χ0n) is 28.8. The van der Waals surface area contributed by atoms with Gasteiger partial charge >= 0.3 is 6.03 Å². The molecule has 1 atom stereocenters. The number of hydrogen-bond donors (Lipinski definition) is 3. The third-order valence-electron chi connectivity index (χ3n) is 9.77. The smallest absolute Gasteiger partial charge is 0.328 e. The second-order valence-corrected chi connectivity index (χ2v) is 14.1. The van der Waals surface area contributed by atoms with E-state index < -0.39 is 29.7 Å². The van der Waals surface area contributed by atoms with Crippen LogP contribution < -0.4 is 20.4 Å². The van der Waals surface area contributed by atoms with Gasteiger partial charge in [-0.15, -0.1) is 21.5 Å². The molecule has 0 aliphatic carbocycles. The molecule has 274 valence electrons. The van der Waals surface area contributed by atoms with Crippen LogP contribution in [-0.4, -0.2) is 86.6 Å². The first-order valence-corrected chi connectivity index (χ1v) is 18.2. The van der Waals surface area contributed by atoms with Gasteiger partial charge in [-0.2, -0.15) is 0 Å². The molecule has 2 saturated heterocycles. The van der Waals surface area contributed by atoms with Gasteiger partial charge < -0.3 is 14.9 Å². The Morgan fingerprint density at radius 1 is 0.963 bits per heavy atom. The minimum atomic E-state index is -1.33. The second kappa shape index (κ2) is 14.6. The fourth-order valence-corrected chi connectivity index (χ4v) is 7.55. The first kappa shape index (κ1) is 34.8. The van der Waals surface area contributed by atoms with E-state index in [-0.39, 0.29) is 30.2 Å². The molecule has 2 fully saturated rings. The van der Waals surface area contributed by atoms with Crippen molar-refractivity contribution < 1.29 is 28.7 Å². The average Bonchev–Trinajstić information content (AvgIpc) is 3.81. The van der Waals surface area contributed by atoms with E-state index in [4.69, 9.17) is 0 Å². The number of phenolic OH excluding ortho intramolecular Hbond substituents is 1. The highest BCUT2D eigenvalue weighted by atomic mass is 32.1. The molecule has 2 aromatic heterocycles. The molecule has 3 aliphatic rings. The van der Waals surface area contributed by atoms with Crippen molar-refractivity contribution in [2.45, 2.75) is 25.6 Å². The molecule has 8 rings (SSSR count). The van der Waals surface area contributed by atoms with E-state index in [1.165, 1.54) is 22.4 Å². The number of benzene rings is 3. The number of hydrogen-bond acceptors (Lipinski definition) is 11. The van der Waals surface area contributed by atoms with Gasteiger partial charge in [-0.05, 0) is 59.7 Å². The van der Waals surface area contributed by atoms with E-state index >= 15 is 0 Å². The lowest BCUT2D eigenvalue weighted by molar-refractivity contribution is -0.121. The number of carbonyl (C=O) groups excluding carboxylic acids is 4. The van der Waals surface area contributed by atoms with Crippen molar-refractivity contribution in [3.8, 4) is 17.0 Å². The van der Waals surface area contributed by atoms with E-state index in [9.17, 15) is 28.7 Å². The van der Waals surface area contributed by atoms with Gasteiger partial charge in [-0.25, -0.2) is 14.2 Å². The van der Waals surface area contributed by atoms with Crippen LogP contribution in [0.5, 0.6) is 5.75 Å². The summed E-state index contributed by atoms with van der Waals surface area (Å²) in [7, 11) is 0. The number of carbonyl (C=O) groups is 4. The third kappa shape index (κ3) is 7.08. The number of phenols is 1. The Morgan fingerprint density at radius 3 is 2.57 bits per heavy atom. The number of aromatic hydroxyl groups is 1. The molecule has 0 saturated carbocycles. The van der Waals surface area contributed by atoms with Crippen LogP contribution in [0.2, 0.25) is 0 Å². The molecule has 3 aliphatic heterocycles. The monoisotopic (exact) mass is 747 g/mol. The van der Waals surface area contributed by atoms with E-state index in [0.717, 1.165) is 68.0 Å². The molecule has 0 spiro atoms. The number of piperazine rings is 1. The Hall–Kier alpha value is -6.26. The van der Waals surface area contributed by atoms with Crippen LogP contribution in [0.1, 0.15) is 39.5 Å². The van der Waals surface area contributed by atoms with Crippen molar-refractivity contribution >= 4 is 51.7 Å². The van der Waals surface area contributed by atoms with Crippen molar-refractivity contribution in [1.29, 1.82) is 0 Å². The summed E-state index contributed by atoms with van der Waals surface area (Å²) in [6.45, 7) is 4.22. The van der Waals surface area contributed by atoms with Crippen molar-refractivity contribution in [2.75, 3.05) is 47.8 Å². The lowest BCUT2D eigenvalue weighted by atomic mass is 10.0. The van der Waals surface area contributed by atoms with E-state index in [2.05, 4.69) is 35.6 Å². The normalized spacial score (nSPS) is 16.7. The van der Waals surface area contributed by atoms with Crippen molar-refractivity contribution in [2.24, 2.45) is 0 Å². The highest BCUT2D eigenvalue weighted by molar-refractivity contribution is 7.13. The Balaban J connectivity index is 0.923. The van der Waals surface area contributed by atoms with Gasteiger partial charge in [-0.3, -0.25) is 34.8 Å². The Labute approximate surface area is 312 Å². The van der Waals surface area contributed by atoms with E-state index in [1.807, 2.05) is 42.5 Å². The summed E-state index contributed by atoms with van der Waals surface area (Å²) in [5.74, 6) is -1.57. The van der Waals surface area contributed by atoms with Crippen LogP contribution in [0.25, 0.3) is 11.3 Å². The molecule has 3 N–H and O–H groups in total. The maximum atomic E-state index is 14.4. The fraction of sp³-hybridized carbons (Fsp3) is 0.237. The Bertz CT molecular complexity index is 2250. The number of halogens is 1. The molecule has 5 heterocycles. The largest absolute Gasteiger partial charge is 0.508 e. The molecule has 0 bridgehead atoms. The number of nitrogens with zero attached hydrogens (tertiary/aromatic N) is 7. The number of nitrogens with one attached hydrogen (secondary N) is 2. The molecule has 3 aromatic carbocycles. The fourth-order valence-electron chi connectivity index (χ4n) is 7.02. The van der Waals surface area contributed by atoms with Crippen molar-refractivity contribution in [1.82, 2.24) is 30.3 Å². The molecule has 54 heavy (non-hydrogen) atoms. The lowest BCUT2D eigenvalue weighted by Gasteiger charge is -2.35. The number of imide groups is 1. The van der Waals surface area contributed by atoms with Gasteiger partial charge in [0.2, 0.25) is 5.91 Å². The van der Waals surface area contributed by atoms with Gasteiger partial charge in [-0.1, -0.05) is 24.3 Å². The molecular weight excluding hydrogens is 714 g/mol. The molecule has 16 heteroatoms. The number of aromatic nitrogens is 3. The number of rotatable bonds is 9. The van der Waals surface area contributed by atoms with Crippen LogP contribution in [0.15, 0.2) is 84.4 Å². The van der Waals surface area contributed by atoms with Gasteiger partial charge in [0.25, 0.3) is 11.8 Å². The summed E-state index contributed by atoms with van der Waals surface area (Å²) < 4.78 is 14.4. The second-order valence-electron chi connectivity index (χ2n) is 13.2. The van der Waals surface area contributed by atoms with Crippen LogP contribution in [0.4, 0.5) is 25.8 Å². The number of fused-ring (bicyclic) bond motifs is 1. The van der Waals surface area contributed by atoms with Gasteiger partial charge in [0.05, 0.1) is 5.69 Å². The lowest BCUT2D eigenvalue weighted by Crippen LogP contribution is -2.49. The molecular formula is C38H34FN9O5S. The quantitative estimate of drug-likeness (QED) is 0.195. The number of amides is 5. The van der Waals surface area contributed by atoms with Crippen molar-refractivity contribution in [3.63, 3.8) is 0 Å². The predicted molar refractivity (Wildman–Crippen MR) is 198 cm³/mol. The summed E-state index contributed by atoms with van der Waals surface area (Å²) in [6, 6.07) is 18.5. The van der Waals surface area contributed by atoms with E-state index in [1.54, 1.807) is 22.4 Å². The Kier molecular flexibility index (Phi) is 9.43. The summed E-state index contributed by atoms with van der Waals surface area (Å²) in [5, 5.41) is 26.7. The molecule has 14 nitrogen and oxygen atoms in total. The minimum absolute atomic E-state index is 0.0371. The number of thiazole rings is 1. The third-order valence-corrected chi connectivity index (χ3v) is 10.5. The van der Waals surface area contributed by atoms with Gasteiger partial charge in [0, 0.05) is 86.2 Å². The average molecular weight is 748 g/mol. The van der Waals surface area contributed by atoms with Crippen LogP contribution in [0.3, 0.4) is 0 Å². The van der Waals surface area contributed by atoms with Crippen LogP contribution in [-0.2, 0) is 22.7 Å². The highest BCUT2D eigenvalue weighted by Gasteiger charge is 2.39. The zero-order valence-corrected chi connectivity index (χ0v) is 29.6. The topological polar surface area (TPSA) is 164 Å². The molecule has 5 aromatic rings. The predicted octanol–water partition coefficient (Wildman–Crippen LogP) is 4.55. The first-order chi connectivity index (χ1) is 26.2. The summed E-state index contributed by atoms with van der Waals surface area (Å²) >= 11 is 1.20. The summed E-state index contributed by atoms with van der Waals surface area (Å²) in [6.07, 6.45) is 1.80. The standard InChI is InChI=1S/C38H34FN9O5S/c39-26-6-8-31(49)29(20-26)34(35(51)42-37-40-11-17-54-37)48-22-25-5-4-24(19-28(25)36(48)52)30-7-9-32(44-43-30)46-15-13-45(14-16-46)21-23-2-1-3-27(18-23)47-12-10-33(50)41-38(47)53/h1-9,11,17-20,34,49H,10,12-16,21-22H2,(H,40,42,51)(H,41,50,53). The van der Waals surface area contributed by atoms with Crippen LogP contribution >= 0.6 is 11.3 Å². The molecule has 1 unspecified atom stereocenters. The van der Waals surface area contributed by atoms with Gasteiger partial charge in [0.1, 0.15) is 17.6 Å². The highest BCUT2D eigenvalue weighted by Crippen LogP contribution is 2.38. The number of anilines is 3. The Morgan fingerprint density at radius 2 is 1.81 bits per heavy atom. The van der Waals surface area contributed by atoms with Crippen LogP contribution in [0, 0.1) is 5.82 Å². The number of urea groups is 1. The summed E-state index contributed by atoms with van der Waals surface area (Å²) in [4.78, 5) is 62.8. The molecule has 0 radical (unpaired) electrons. The summed E-state index contributed by atoms with van der Waals surface area (Å²) in [5.41, 5.74) is 4.09. The minimum Gasteiger partial charge on any atom is -0.508 e.